The molecule has 4 fully saturated rings. The Balaban J connectivity index is 1.20. The van der Waals surface area contributed by atoms with Gasteiger partial charge in [0.25, 0.3) is 0 Å². The second-order valence-corrected chi connectivity index (χ2v) is 15.8. The second-order valence-electron chi connectivity index (χ2n) is 15.8. The summed E-state index contributed by atoms with van der Waals surface area (Å²) in [6, 6.07) is 11.9. The van der Waals surface area contributed by atoms with E-state index in [2.05, 4.69) is 5.32 Å². The molecule has 4 aliphatic carbocycles. The summed E-state index contributed by atoms with van der Waals surface area (Å²) in [7, 11) is 0. The van der Waals surface area contributed by atoms with Gasteiger partial charge in [-0.05, 0) is 107 Å². The summed E-state index contributed by atoms with van der Waals surface area (Å²) in [5.74, 6) is -2.96. The van der Waals surface area contributed by atoms with Gasteiger partial charge in [0.05, 0.1) is 12.2 Å². The molecule has 1 aliphatic heterocycles. The van der Waals surface area contributed by atoms with E-state index in [1.807, 2.05) is 0 Å². The van der Waals surface area contributed by atoms with Gasteiger partial charge in [-0.25, -0.2) is 18.0 Å². The van der Waals surface area contributed by atoms with Crippen molar-refractivity contribution >= 4 is 23.3 Å². The van der Waals surface area contributed by atoms with Crippen LogP contribution < -0.4 is 10.1 Å². The predicted molar refractivity (Wildman–Crippen MR) is 179 cm³/mol. The molecule has 51 heavy (non-hydrogen) atoms. The number of amides is 1. The number of Topliss-reactive ketones (excluding diaryl/α,β-unsaturated/α-hetero) is 1. The van der Waals surface area contributed by atoms with Crippen molar-refractivity contribution in [3.63, 3.8) is 0 Å². The Kier molecular flexibility index (Phi) is 8.35. The van der Waals surface area contributed by atoms with E-state index in [0.717, 1.165) is 6.08 Å². The van der Waals surface area contributed by atoms with Crippen LogP contribution in [0.1, 0.15) is 65.7 Å². The van der Waals surface area contributed by atoms with Crippen molar-refractivity contribution < 1.29 is 51.6 Å². The molecule has 0 aromatic heterocycles. The first kappa shape index (κ1) is 35.4. The summed E-state index contributed by atoms with van der Waals surface area (Å²) in [5, 5.41) is 14.5. The van der Waals surface area contributed by atoms with Gasteiger partial charge in [-0.15, -0.1) is 0 Å². The van der Waals surface area contributed by atoms with E-state index < -0.39 is 94.3 Å². The highest BCUT2D eigenvalue weighted by atomic mass is 19.1. The summed E-state index contributed by atoms with van der Waals surface area (Å²) in [6.45, 7) is 8.00. The Bertz CT molecular complexity index is 1820. The van der Waals surface area contributed by atoms with Crippen molar-refractivity contribution in [1.82, 2.24) is 0 Å². The summed E-state index contributed by atoms with van der Waals surface area (Å²) < 4.78 is 72.3. The Hall–Kier alpha value is -4.00. The molecule has 0 bridgehead atoms. The van der Waals surface area contributed by atoms with Crippen LogP contribution in [-0.4, -0.2) is 64.6 Å². The number of ketones is 2. The van der Waals surface area contributed by atoms with Crippen LogP contribution in [0.15, 0.2) is 72.3 Å². The minimum Gasteiger partial charge on any atom is -0.486 e. The second kappa shape index (κ2) is 12.0. The molecule has 5 aliphatic rings. The summed E-state index contributed by atoms with van der Waals surface area (Å²) >= 11 is 0. The van der Waals surface area contributed by atoms with E-state index >= 15 is 8.78 Å². The van der Waals surface area contributed by atoms with Gasteiger partial charge < -0.3 is 24.1 Å². The van der Waals surface area contributed by atoms with E-state index in [0.29, 0.717) is 17.0 Å². The lowest BCUT2D eigenvalue weighted by atomic mass is 9.44. The fourth-order valence-electron chi connectivity index (χ4n) is 9.56. The average Bonchev–Trinajstić information content (AvgIpc) is 3.55. The van der Waals surface area contributed by atoms with Gasteiger partial charge >= 0.3 is 6.09 Å². The fourth-order valence-corrected chi connectivity index (χ4v) is 9.56. The van der Waals surface area contributed by atoms with E-state index in [9.17, 15) is 23.9 Å². The fraction of sp³-hybridized carbons (Fsp3) is 0.513. The lowest BCUT2D eigenvalue weighted by Gasteiger charge is -2.63. The molecular weight excluding hydrogens is 667 g/mol. The van der Waals surface area contributed by atoms with Crippen LogP contribution in [0.5, 0.6) is 5.75 Å². The predicted octanol–water partition coefficient (Wildman–Crippen LogP) is 6.90. The van der Waals surface area contributed by atoms with Crippen LogP contribution in [0.4, 0.5) is 23.7 Å². The number of fused-ring (bicyclic) bond motifs is 7. The van der Waals surface area contributed by atoms with Crippen molar-refractivity contribution in [2.45, 2.75) is 95.4 Å². The Morgan fingerprint density at radius 1 is 1.08 bits per heavy atom. The molecule has 1 heterocycles. The number of hydrogen-bond acceptors (Lipinski definition) is 8. The van der Waals surface area contributed by atoms with Crippen molar-refractivity contribution in [3.05, 3.63) is 83.7 Å². The number of hydrogen-bond donors (Lipinski definition) is 2. The first-order chi connectivity index (χ1) is 23.9. The minimum absolute atomic E-state index is 0.000217. The normalized spacial score (nSPS) is 38.1. The Morgan fingerprint density at radius 3 is 2.49 bits per heavy atom. The quantitative estimate of drug-likeness (QED) is 0.333. The van der Waals surface area contributed by atoms with Crippen LogP contribution in [0, 0.1) is 28.5 Å². The third-order valence-corrected chi connectivity index (χ3v) is 11.8. The number of rotatable bonds is 6. The highest BCUT2D eigenvalue weighted by Gasteiger charge is 2.80. The average molecular weight is 710 g/mol. The topological polar surface area (TPSA) is 120 Å². The number of benzene rings is 2. The molecular formula is C39H42F3NO8. The van der Waals surface area contributed by atoms with Crippen LogP contribution in [-0.2, 0) is 23.8 Å². The maximum absolute atomic E-state index is 17.8. The number of anilines is 1. The zero-order valence-electron chi connectivity index (χ0n) is 29.1. The standard InChI is InChI=1S/C39H42F3NO8/c1-35(2,3)51-34(47)43-23-9-11-25(12-10-23)48-20-31(46)39-32(49-33(50-39)21-7-6-8-22(40)15-21)18-26-27-17-29(41)28-16-24(44)13-14-36(28,4)38(27,42)30(45)19-37(26,39)5/h6-16,26-27,29-30,32-33,45H,17-20H2,1-5H3,(H,43,47)/t26?,27?,29-,30-,32+,33?,36-,37-,38-,39+/m0/s1. The molecule has 9 nitrogen and oxygen atoms in total. The van der Waals surface area contributed by atoms with Crippen LogP contribution in [0.3, 0.4) is 0 Å². The van der Waals surface area contributed by atoms with E-state index in [-0.39, 0.29) is 24.8 Å². The molecule has 10 atom stereocenters. The molecule has 0 spiro atoms. The third kappa shape index (κ3) is 5.44. The van der Waals surface area contributed by atoms with Gasteiger partial charge in [0.2, 0.25) is 5.78 Å². The first-order valence-corrected chi connectivity index (χ1v) is 17.2. The molecule has 7 rings (SSSR count). The van der Waals surface area contributed by atoms with Crippen molar-refractivity contribution in [3.8, 4) is 5.75 Å². The summed E-state index contributed by atoms with van der Waals surface area (Å²) in [5.41, 5.74) is -6.93. The number of aliphatic hydroxyl groups excluding tert-OH is 1. The molecule has 1 saturated heterocycles. The number of allylic oxidation sites excluding steroid dienone is 4. The maximum atomic E-state index is 17.8. The Labute approximate surface area is 294 Å². The van der Waals surface area contributed by atoms with E-state index in [1.54, 1.807) is 58.0 Å². The van der Waals surface area contributed by atoms with E-state index in [4.69, 9.17) is 18.9 Å². The third-order valence-electron chi connectivity index (χ3n) is 11.8. The number of halogens is 3. The molecule has 3 unspecified atom stereocenters. The number of nitrogens with one attached hydrogen (secondary N) is 1. The van der Waals surface area contributed by atoms with Gasteiger partial charge in [0.1, 0.15) is 29.9 Å². The lowest BCUT2D eigenvalue weighted by molar-refractivity contribution is -0.235. The monoisotopic (exact) mass is 709 g/mol. The first-order valence-electron chi connectivity index (χ1n) is 17.2. The zero-order chi connectivity index (χ0) is 36.7. The van der Waals surface area contributed by atoms with Gasteiger partial charge in [0.15, 0.2) is 23.3 Å². The molecule has 3 saturated carbocycles. The van der Waals surface area contributed by atoms with Crippen LogP contribution in [0.25, 0.3) is 0 Å². The number of aliphatic hydroxyl groups is 1. The van der Waals surface area contributed by atoms with Crippen LogP contribution in [0.2, 0.25) is 0 Å². The SMILES string of the molecule is CC(C)(C)OC(=O)Nc1ccc(OCC(=O)[C@@]23OC(c4cccc(F)c4)O[C@@H]2CC2C4C[C@H](F)C5=CC(=O)C=C[C@]5(C)[C@@]4(F)[C@@H](O)C[C@@]23C)cc1. The van der Waals surface area contributed by atoms with Gasteiger partial charge in [-0.2, -0.15) is 0 Å². The lowest BCUT2D eigenvalue weighted by Crippen LogP contribution is -2.70. The molecule has 2 aromatic carbocycles. The molecule has 0 radical (unpaired) electrons. The number of carbonyl (C=O) groups is 3. The minimum atomic E-state index is -2.36. The number of ether oxygens (including phenoxy) is 4. The molecule has 272 valence electrons. The number of alkyl halides is 2. The highest BCUT2D eigenvalue weighted by Crippen LogP contribution is 2.72. The summed E-state index contributed by atoms with van der Waals surface area (Å²) in [4.78, 5) is 39.0. The van der Waals surface area contributed by atoms with Crippen molar-refractivity contribution in [1.29, 1.82) is 0 Å². The number of carbonyl (C=O) groups excluding carboxylic acids is 3. The van der Waals surface area contributed by atoms with Gasteiger partial charge in [0, 0.05) is 28.0 Å². The smallest absolute Gasteiger partial charge is 0.412 e. The van der Waals surface area contributed by atoms with E-state index in [1.165, 1.54) is 37.3 Å². The zero-order valence-corrected chi connectivity index (χ0v) is 29.1. The van der Waals surface area contributed by atoms with Crippen molar-refractivity contribution in [2.75, 3.05) is 11.9 Å². The van der Waals surface area contributed by atoms with Gasteiger partial charge in [-0.1, -0.05) is 25.1 Å². The molecule has 2 aromatic rings. The van der Waals surface area contributed by atoms with Crippen LogP contribution >= 0.6 is 0 Å². The Morgan fingerprint density at radius 2 is 1.80 bits per heavy atom. The van der Waals surface area contributed by atoms with Gasteiger partial charge in [-0.3, -0.25) is 14.9 Å². The van der Waals surface area contributed by atoms with Crippen molar-refractivity contribution in [2.24, 2.45) is 22.7 Å². The molecule has 12 heteroatoms. The summed E-state index contributed by atoms with van der Waals surface area (Å²) in [6.07, 6.45) is -2.81. The maximum Gasteiger partial charge on any atom is 0.412 e. The molecule has 1 amide bonds. The molecule has 2 N–H and O–H groups in total. The highest BCUT2D eigenvalue weighted by molar-refractivity contribution is 6.01. The largest absolute Gasteiger partial charge is 0.486 e.